The molecule has 1 saturated carbocycles. The lowest BCUT2D eigenvalue weighted by Crippen LogP contribution is -2.38. The third kappa shape index (κ3) is 8.36. The highest BCUT2D eigenvalue weighted by Crippen LogP contribution is 2.41. The van der Waals surface area contributed by atoms with Crippen LogP contribution in [-0.4, -0.2) is 39.3 Å². The lowest BCUT2D eigenvalue weighted by atomic mass is 9.83. The molecule has 0 amide bonds. The number of rotatable bonds is 9. The van der Waals surface area contributed by atoms with Gasteiger partial charge in [0, 0.05) is 33.4 Å². The fraction of sp³-hybridized carbons (Fsp3) is 0.824. The van der Waals surface area contributed by atoms with Crippen molar-refractivity contribution in [3.05, 3.63) is 12.2 Å². The van der Waals surface area contributed by atoms with E-state index in [4.69, 9.17) is 9.73 Å². The molecule has 1 aliphatic carbocycles. The summed E-state index contributed by atoms with van der Waals surface area (Å²) in [6.45, 7) is 7.76. The molecule has 0 saturated heterocycles. The molecule has 0 unspecified atom stereocenters. The van der Waals surface area contributed by atoms with E-state index >= 15 is 0 Å². The molecule has 0 aliphatic heterocycles. The van der Waals surface area contributed by atoms with Crippen LogP contribution in [-0.2, 0) is 4.74 Å². The Morgan fingerprint density at radius 1 is 1.27 bits per heavy atom. The summed E-state index contributed by atoms with van der Waals surface area (Å²) in [7, 11) is 1.79. The quantitative estimate of drug-likeness (QED) is 0.195. The Morgan fingerprint density at radius 3 is 2.59 bits per heavy atom. The van der Waals surface area contributed by atoms with Gasteiger partial charge in [0.15, 0.2) is 5.96 Å². The molecule has 0 radical (unpaired) electrons. The van der Waals surface area contributed by atoms with Crippen LogP contribution in [0.1, 0.15) is 52.4 Å². The summed E-state index contributed by atoms with van der Waals surface area (Å²) in [6.07, 6.45) is 11.7. The van der Waals surface area contributed by atoms with Crippen molar-refractivity contribution in [2.75, 3.05) is 33.4 Å². The van der Waals surface area contributed by atoms with E-state index in [9.17, 15) is 0 Å². The Bertz CT molecular complexity index is 326. The second-order valence-electron chi connectivity index (χ2n) is 5.93. The van der Waals surface area contributed by atoms with Crippen molar-refractivity contribution in [1.82, 2.24) is 10.6 Å². The smallest absolute Gasteiger partial charge is 0.191 e. The van der Waals surface area contributed by atoms with E-state index in [-0.39, 0.29) is 24.0 Å². The lowest BCUT2D eigenvalue weighted by molar-refractivity contribution is 0.141. The molecule has 0 spiro atoms. The van der Waals surface area contributed by atoms with E-state index in [0.717, 1.165) is 45.0 Å². The van der Waals surface area contributed by atoms with Crippen molar-refractivity contribution in [1.29, 1.82) is 0 Å². The molecule has 0 aromatic rings. The van der Waals surface area contributed by atoms with Gasteiger partial charge in [0.05, 0.1) is 0 Å². The van der Waals surface area contributed by atoms with E-state index in [2.05, 4.69) is 36.6 Å². The van der Waals surface area contributed by atoms with Gasteiger partial charge >= 0.3 is 0 Å². The molecule has 22 heavy (non-hydrogen) atoms. The number of halogens is 1. The molecule has 0 bridgehead atoms. The summed E-state index contributed by atoms with van der Waals surface area (Å²) < 4.78 is 5.29. The van der Waals surface area contributed by atoms with Gasteiger partial charge < -0.3 is 15.4 Å². The molecule has 1 fully saturated rings. The largest absolute Gasteiger partial charge is 0.385 e. The molecule has 0 aromatic heterocycles. The Labute approximate surface area is 153 Å². The van der Waals surface area contributed by atoms with Gasteiger partial charge in [-0.2, -0.15) is 0 Å². The summed E-state index contributed by atoms with van der Waals surface area (Å²) in [5.41, 5.74) is 0.363. The predicted molar refractivity (Wildman–Crippen MR) is 106 cm³/mol. The first kappa shape index (κ1) is 21.7. The first-order chi connectivity index (χ1) is 10.3. The van der Waals surface area contributed by atoms with Crippen LogP contribution in [0.15, 0.2) is 17.1 Å². The number of nitrogens with zero attached hydrogens (tertiary/aromatic N) is 1. The zero-order chi connectivity index (χ0) is 15.4. The van der Waals surface area contributed by atoms with Crippen molar-refractivity contribution in [2.24, 2.45) is 10.4 Å². The number of guanidine groups is 1. The molecular weight excluding hydrogens is 389 g/mol. The van der Waals surface area contributed by atoms with Crippen molar-refractivity contribution in [3.8, 4) is 0 Å². The third-order valence-electron chi connectivity index (χ3n) is 4.26. The van der Waals surface area contributed by atoms with E-state index in [1.807, 2.05) is 0 Å². The van der Waals surface area contributed by atoms with Crippen LogP contribution in [0.3, 0.4) is 0 Å². The Balaban J connectivity index is 0.00000441. The van der Waals surface area contributed by atoms with Gasteiger partial charge in [-0.05, 0) is 44.9 Å². The van der Waals surface area contributed by atoms with Crippen LogP contribution >= 0.6 is 24.0 Å². The molecule has 0 atom stereocenters. The monoisotopic (exact) mass is 423 g/mol. The standard InChI is InChI=1S/C17H33N3O.HI/c1-4-6-9-13-19-16(18-5-2)20-15-17(12-14-21-3)10-7-8-11-17;/h4,6H,5,7-15H2,1-3H3,(H2,18,19,20);1H/b6-4+;. The summed E-state index contributed by atoms with van der Waals surface area (Å²) in [6, 6.07) is 0. The first-order valence-electron chi connectivity index (χ1n) is 8.38. The molecular formula is C17H34IN3O. The minimum atomic E-state index is 0. The second kappa shape index (κ2) is 13.2. The maximum absolute atomic E-state index is 5.29. The van der Waals surface area contributed by atoms with Crippen LogP contribution < -0.4 is 10.6 Å². The van der Waals surface area contributed by atoms with Crippen LogP contribution in [0.4, 0.5) is 0 Å². The summed E-state index contributed by atoms with van der Waals surface area (Å²) in [5.74, 6) is 0.950. The Hall–Kier alpha value is -0.300. The van der Waals surface area contributed by atoms with Gasteiger partial charge in [-0.15, -0.1) is 24.0 Å². The maximum atomic E-state index is 5.29. The van der Waals surface area contributed by atoms with Crippen molar-refractivity contribution in [2.45, 2.75) is 52.4 Å². The molecule has 130 valence electrons. The van der Waals surface area contributed by atoms with Gasteiger partial charge in [-0.25, -0.2) is 0 Å². The highest BCUT2D eigenvalue weighted by atomic mass is 127. The summed E-state index contributed by atoms with van der Waals surface area (Å²) in [4.78, 5) is 4.83. The third-order valence-corrected chi connectivity index (χ3v) is 4.26. The molecule has 0 heterocycles. The number of nitrogens with one attached hydrogen (secondary N) is 2. The van der Waals surface area contributed by atoms with Crippen molar-refractivity contribution in [3.63, 3.8) is 0 Å². The number of allylic oxidation sites excluding steroid dienone is 1. The highest BCUT2D eigenvalue weighted by molar-refractivity contribution is 14.0. The zero-order valence-electron chi connectivity index (χ0n) is 14.5. The van der Waals surface area contributed by atoms with Gasteiger partial charge in [0.2, 0.25) is 0 Å². The van der Waals surface area contributed by atoms with E-state index in [1.54, 1.807) is 7.11 Å². The first-order valence-corrected chi connectivity index (χ1v) is 8.38. The summed E-state index contributed by atoms with van der Waals surface area (Å²) in [5, 5.41) is 6.75. The van der Waals surface area contributed by atoms with E-state index in [0.29, 0.717) is 5.41 Å². The van der Waals surface area contributed by atoms with E-state index < -0.39 is 0 Å². The highest BCUT2D eigenvalue weighted by Gasteiger charge is 2.33. The predicted octanol–water partition coefficient (Wildman–Crippen LogP) is 3.72. The summed E-state index contributed by atoms with van der Waals surface area (Å²) >= 11 is 0. The van der Waals surface area contributed by atoms with Crippen LogP contribution in [0.25, 0.3) is 0 Å². The van der Waals surface area contributed by atoms with E-state index in [1.165, 1.54) is 25.7 Å². The van der Waals surface area contributed by atoms with Gasteiger partial charge in [-0.3, -0.25) is 4.99 Å². The SMILES string of the molecule is C/C=C/CCNC(=NCC1(CCOC)CCCC1)NCC.I. The topological polar surface area (TPSA) is 45.7 Å². The minimum absolute atomic E-state index is 0. The molecule has 2 N–H and O–H groups in total. The van der Waals surface area contributed by atoms with Crippen LogP contribution in [0, 0.1) is 5.41 Å². The normalized spacial score (nSPS) is 17.5. The van der Waals surface area contributed by atoms with Gasteiger partial charge in [-0.1, -0.05) is 25.0 Å². The number of hydrogen-bond donors (Lipinski definition) is 2. The van der Waals surface area contributed by atoms with Gasteiger partial charge in [0.1, 0.15) is 0 Å². The second-order valence-corrected chi connectivity index (χ2v) is 5.93. The number of methoxy groups -OCH3 is 1. The Kier molecular flexibility index (Phi) is 13.0. The molecule has 5 heteroatoms. The van der Waals surface area contributed by atoms with Gasteiger partial charge in [0.25, 0.3) is 0 Å². The maximum Gasteiger partial charge on any atom is 0.191 e. The molecule has 0 aromatic carbocycles. The number of ether oxygens (including phenoxy) is 1. The van der Waals surface area contributed by atoms with Crippen molar-refractivity contribution < 1.29 is 4.74 Å². The van der Waals surface area contributed by atoms with Crippen LogP contribution in [0.5, 0.6) is 0 Å². The minimum Gasteiger partial charge on any atom is -0.385 e. The molecule has 1 rings (SSSR count). The molecule has 4 nitrogen and oxygen atoms in total. The molecule has 1 aliphatic rings. The average molecular weight is 423 g/mol. The van der Waals surface area contributed by atoms with Crippen LogP contribution in [0.2, 0.25) is 0 Å². The average Bonchev–Trinajstić information content (AvgIpc) is 2.96. The fourth-order valence-electron chi connectivity index (χ4n) is 2.96. The number of aliphatic imine (C=N–C) groups is 1. The zero-order valence-corrected chi connectivity index (χ0v) is 16.8. The fourth-order valence-corrected chi connectivity index (χ4v) is 2.96. The van der Waals surface area contributed by atoms with Crippen molar-refractivity contribution >= 4 is 29.9 Å². The lowest BCUT2D eigenvalue weighted by Gasteiger charge is -2.27. The Morgan fingerprint density at radius 2 is 2.00 bits per heavy atom. The number of hydrogen-bond acceptors (Lipinski definition) is 2.